The number of aromatic nitrogens is 4. The molecule has 2 aliphatic rings. The summed E-state index contributed by atoms with van der Waals surface area (Å²) in [4.78, 5) is 11.8. The predicted octanol–water partition coefficient (Wildman–Crippen LogP) is 1.12. The zero-order chi connectivity index (χ0) is 13.3. The van der Waals surface area contributed by atoms with Crippen LogP contribution in [-0.2, 0) is 9.47 Å². The highest BCUT2D eigenvalue weighted by atomic mass is 16.5. The second kappa shape index (κ2) is 4.88. The third-order valence-corrected chi connectivity index (χ3v) is 4.03. The minimum atomic E-state index is -0.457. The molecule has 1 aromatic heterocycles. The molecule has 7 heteroatoms. The molecule has 0 N–H and O–H groups in total. The van der Waals surface area contributed by atoms with E-state index in [-0.39, 0.29) is 17.5 Å². The van der Waals surface area contributed by atoms with E-state index in [4.69, 9.17) is 9.47 Å². The summed E-state index contributed by atoms with van der Waals surface area (Å²) < 4.78 is 12.5. The summed E-state index contributed by atoms with van der Waals surface area (Å²) >= 11 is 0. The van der Waals surface area contributed by atoms with Crippen molar-refractivity contribution in [3.8, 4) is 0 Å². The molecule has 0 bridgehead atoms. The number of nitrogens with zero attached hydrogens (tertiary/aromatic N) is 4. The maximum atomic E-state index is 11.8. The van der Waals surface area contributed by atoms with Gasteiger partial charge >= 0.3 is 5.97 Å². The Hall–Kier alpha value is -1.50. The van der Waals surface area contributed by atoms with Crippen LogP contribution in [0.15, 0.2) is 0 Å². The molecule has 1 atom stereocenters. The normalized spacial score (nSPS) is 25.0. The van der Waals surface area contributed by atoms with Gasteiger partial charge in [0.1, 0.15) is 0 Å². The lowest BCUT2D eigenvalue weighted by Gasteiger charge is -2.47. The van der Waals surface area contributed by atoms with Crippen LogP contribution in [0.1, 0.15) is 55.7 Å². The van der Waals surface area contributed by atoms with E-state index in [2.05, 4.69) is 15.5 Å². The molecule has 1 unspecified atom stereocenters. The van der Waals surface area contributed by atoms with Gasteiger partial charge in [-0.15, -0.1) is 5.10 Å². The van der Waals surface area contributed by atoms with Gasteiger partial charge in [0.25, 0.3) is 5.82 Å². The predicted molar refractivity (Wildman–Crippen MR) is 64.6 cm³/mol. The van der Waals surface area contributed by atoms with E-state index >= 15 is 0 Å². The van der Waals surface area contributed by atoms with Crippen molar-refractivity contribution in [2.75, 3.05) is 13.2 Å². The molecule has 0 amide bonds. The van der Waals surface area contributed by atoms with Gasteiger partial charge in [0.2, 0.25) is 0 Å². The Kier molecular flexibility index (Phi) is 3.22. The largest absolute Gasteiger partial charge is 0.460 e. The molecule has 1 saturated heterocycles. The molecule has 0 radical (unpaired) electrons. The lowest BCUT2D eigenvalue weighted by Crippen LogP contribution is -2.46. The maximum absolute atomic E-state index is 11.8. The van der Waals surface area contributed by atoms with Crippen LogP contribution < -0.4 is 0 Å². The van der Waals surface area contributed by atoms with E-state index in [1.165, 1.54) is 6.42 Å². The lowest BCUT2D eigenvalue weighted by atomic mass is 9.74. The molecule has 19 heavy (non-hydrogen) atoms. The van der Waals surface area contributed by atoms with Crippen molar-refractivity contribution < 1.29 is 14.3 Å². The molecule has 1 aromatic rings. The Labute approximate surface area is 111 Å². The molecule has 0 aromatic carbocycles. The smallest absolute Gasteiger partial charge is 0.378 e. The number of carbonyl (C=O) groups is 1. The van der Waals surface area contributed by atoms with Gasteiger partial charge in [0.05, 0.1) is 18.2 Å². The highest BCUT2D eigenvalue weighted by Crippen LogP contribution is 2.45. The van der Waals surface area contributed by atoms with Crippen molar-refractivity contribution in [2.24, 2.45) is 0 Å². The number of esters is 1. The second-order valence-electron chi connectivity index (χ2n) is 5.20. The van der Waals surface area contributed by atoms with Crippen LogP contribution in [0.25, 0.3) is 0 Å². The third kappa shape index (κ3) is 2.22. The van der Waals surface area contributed by atoms with Gasteiger partial charge in [0.15, 0.2) is 0 Å². The van der Waals surface area contributed by atoms with Crippen LogP contribution >= 0.6 is 0 Å². The number of carbonyl (C=O) groups excluding carboxylic acids is 1. The van der Waals surface area contributed by atoms with Gasteiger partial charge in [-0.05, 0) is 49.5 Å². The van der Waals surface area contributed by atoms with Crippen LogP contribution in [0.2, 0.25) is 0 Å². The van der Waals surface area contributed by atoms with E-state index < -0.39 is 5.97 Å². The number of tetrazole rings is 1. The van der Waals surface area contributed by atoms with E-state index in [9.17, 15) is 4.79 Å². The first-order valence-corrected chi connectivity index (χ1v) is 6.83. The molecular formula is C12H18N4O3. The van der Waals surface area contributed by atoms with E-state index in [1.807, 2.05) is 0 Å². The molecule has 3 rings (SSSR count). The molecule has 7 nitrogen and oxygen atoms in total. The second-order valence-corrected chi connectivity index (χ2v) is 5.20. The summed E-state index contributed by atoms with van der Waals surface area (Å²) in [5, 5.41) is 11.4. The Morgan fingerprint density at radius 3 is 3.11 bits per heavy atom. The van der Waals surface area contributed by atoms with Gasteiger partial charge in [-0.3, -0.25) is 0 Å². The SMILES string of the molecule is CCOC(=O)c1nnnn1C1CCOC2(CCC2)C1. The zero-order valence-electron chi connectivity index (χ0n) is 11.0. The average Bonchev–Trinajstić information content (AvgIpc) is 2.86. The summed E-state index contributed by atoms with van der Waals surface area (Å²) in [5.74, 6) is -0.259. The lowest BCUT2D eigenvalue weighted by molar-refractivity contribution is -0.142. The fraction of sp³-hybridized carbons (Fsp3) is 0.833. The van der Waals surface area contributed by atoms with Crippen molar-refractivity contribution in [1.29, 1.82) is 0 Å². The molecule has 1 spiro atoms. The summed E-state index contributed by atoms with van der Waals surface area (Å²) in [6, 6.07) is 0.128. The maximum Gasteiger partial charge on any atom is 0.378 e. The van der Waals surface area contributed by atoms with Crippen LogP contribution in [0.3, 0.4) is 0 Å². The van der Waals surface area contributed by atoms with Gasteiger partial charge in [-0.2, -0.15) is 0 Å². The fourth-order valence-electron chi connectivity index (χ4n) is 2.90. The van der Waals surface area contributed by atoms with Crippen LogP contribution in [0.5, 0.6) is 0 Å². The van der Waals surface area contributed by atoms with Crippen molar-refractivity contribution in [2.45, 2.75) is 50.7 Å². The fourth-order valence-corrected chi connectivity index (χ4v) is 2.90. The summed E-state index contributed by atoms with van der Waals surface area (Å²) in [6.45, 7) is 2.79. The molecule has 2 heterocycles. The Bertz CT molecular complexity index is 469. The minimum absolute atomic E-state index is 0.000791. The molecule has 104 valence electrons. The quantitative estimate of drug-likeness (QED) is 0.763. The van der Waals surface area contributed by atoms with Gasteiger partial charge in [0, 0.05) is 6.61 Å². The molecule has 1 aliphatic heterocycles. The van der Waals surface area contributed by atoms with Crippen LogP contribution in [0.4, 0.5) is 0 Å². The highest BCUT2D eigenvalue weighted by Gasteiger charge is 2.44. The van der Waals surface area contributed by atoms with E-state index in [0.717, 1.165) is 25.7 Å². The average molecular weight is 266 g/mol. The van der Waals surface area contributed by atoms with Crippen molar-refractivity contribution in [1.82, 2.24) is 20.2 Å². The topological polar surface area (TPSA) is 79.1 Å². The Balaban J connectivity index is 1.78. The van der Waals surface area contributed by atoms with Gasteiger partial charge < -0.3 is 9.47 Å². The zero-order valence-corrected chi connectivity index (χ0v) is 11.0. The summed E-state index contributed by atoms with van der Waals surface area (Å²) in [6.07, 6.45) is 5.12. The van der Waals surface area contributed by atoms with Crippen molar-refractivity contribution in [3.05, 3.63) is 5.82 Å². The number of hydrogen-bond donors (Lipinski definition) is 0. The molecule has 1 aliphatic carbocycles. The van der Waals surface area contributed by atoms with Crippen molar-refractivity contribution >= 4 is 5.97 Å². The van der Waals surface area contributed by atoms with Gasteiger partial charge in [-0.25, -0.2) is 9.48 Å². The highest BCUT2D eigenvalue weighted by molar-refractivity contribution is 5.85. The molecule has 2 fully saturated rings. The third-order valence-electron chi connectivity index (χ3n) is 4.03. The van der Waals surface area contributed by atoms with E-state index in [0.29, 0.717) is 13.2 Å². The molecule has 1 saturated carbocycles. The number of rotatable bonds is 3. The monoisotopic (exact) mass is 266 g/mol. The first-order valence-electron chi connectivity index (χ1n) is 6.83. The molecular weight excluding hydrogens is 248 g/mol. The first kappa shape index (κ1) is 12.5. The number of hydrogen-bond acceptors (Lipinski definition) is 6. The Morgan fingerprint density at radius 1 is 1.58 bits per heavy atom. The Morgan fingerprint density at radius 2 is 2.42 bits per heavy atom. The van der Waals surface area contributed by atoms with Crippen LogP contribution in [-0.4, -0.2) is 45.0 Å². The summed E-state index contributed by atoms with van der Waals surface area (Å²) in [5.41, 5.74) is 0.000791. The first-order chi connectivity index (χ1) is 9.24. The standard InChI is InChI=1S/C12H18N4O3/c1-2-18-11(17)10-13-14-15-16(10)9-4-7-19-12(8-9)5-3-6-12/h9H,2-8H2,1H3. The van der Waals surface area contributed by atoms with Crippen LogP contribution in [0, 0.1) is 0 Å². The van der Waals surface area contributed by atoms with Crippen molar-refractivity contribution in [3.63, 3.8) is 0 Å². The van der Waals surface area contributed by atoms with Gasteiger partial charge in [-0.1, -0.05) is 0 Å². The summed E-state index contributed by atoms with van der Waals surface area (Å²) in [7, 11) is 0. The van der Waals surface area contributed by atoms with E-state index in [1.54, 1.807) is 11.6 Å². The minimum Gasteiger partial charge on any atom is -0.460 e. The number of ether oxygens (including phenoxy) is 2.